The number of pyridine rings is 1. The second kappa shape index (κ2) is 6.22. The van der Waals surface area contributed by atoms with Crippen molar-refractivity contribution in [3.8, 4) is 0 Å². The standard InChI is InChI=1S/C10H15F2N3O/c1-7-4-10(15-5-8(7)13)14-2-3-16-6-9(11)12/h4-5,9H,2-3,6,13H2,1H3,(H,14,15). The van der Waals surface area contributed by atoms with Crippen LogP contribution >= 0.6 is 0 Å². The van der Waals surface area contributed by atoms with Gasteiger partial charge in [0.15, 0.2) is 0 Å². The van der Waals surface area contributed by atoms with Gasteiger partial charge in [-0.2, -0.15) is 0 Å². The van der Waals surface area contributed by atoms with E-state index in [1.807, 2.05) is 6.92 Å². The molecular formula is C10H15F2N3O. The van der Waals surface area contributed by atoms with Gasteiger partial charge in [0.1, 0.15) is 12.4 Å². The maximum Gasteiger partial charge on any atom is 0.261 e. The molecule has 0 atom stereocenters. The first-order valence-electron chi connectivity index (χ1n) is 4.91. The molecule has 0 spiro atoms. The Balaban J connectivity index is 2.24. The van der Waals surface area contributed by atoms with Gasteiger partial charge < -0.3 is 15.8 Å². The Morgan fingerprint density at radius 3 is 2.94 bits per heavy atom. The quantitative estimate of drug-likeness (QED) is 0.731. The van der Waals surface area contributed by atoms with Crippen molar-refractivity contribution in [3.05, 3.63) is 17.8 Å². The number of nitrogen functional groups attached to an aromatic ring is 1. The number of alkyl halides is 2. The van der Waals surface area contributed by atoms with Crippen LogP contribution in [-0.4, -0.2) is 31.2 Å². The summed E-state index contributed by atoms with van der Waals surface area (Å²) < 4.78 is 28.1. The number of hydrogen-bond donors (Lipinski definition) is 2. The molecule has 0 amide bonds. The Morgan fingerprint density at radius 1 is 1.56 bits per heavy atom. The van der Waals surface area contributed by atoms with Gasteiger partial charge in [-0.3, -0.25) is 0 Å². The van der Waals surface area contributed by atoms with Crippen molar-refractivity contribution in [2.24, 2.45) is 0 Å². The van der Waals surface area contributed by atoms with E-state index in [-0.39, 0.29) is 6.61 Å². The minimum atomic E-state index is -2.42. The molecule has 0 bridgehead atoms. The van der Waals surface area contributed by atoms with Crippen molar-refractivity contribution in [1.29, 1.82) is 0 Å². The number of nitrogens with zero attached hydrogens (tertiary/aromatic N) is 1. The second-order valence-electron chi connectivity index (χ2n) is 3.32. The Morgan fingerprint density at radius 2 is 2.31 bits per heavy atom. The molecule has 1 heterocycles. The fourth-order valence-corrected chi connectivity index (χ4v) is 1.09. The summed E-state index contributed by atoms with van der Waals surface area (Å²) in [6.07, 6.45) is -0.866. The normalized spacial score (nSPS) is 10.8. The fourth-order valence-electron chi connectivity index (χ4n) is 1.09. The summed E-state index contributed by atoms with van der Waals surface area (Å²) >= 11 is 0. The van der Waals surface area contributed by atoms with Crippen LogP contribution in [0.3, 0.4) is 0 Å². The highest BCUT2D eigenvalue weighted by Gasteiger charge is 2.01. The van der Waals surface area contributed by atoms with Crippen LogP contribution < -0.4 is 11.1 Å². The number of aromatic nitrogens is 1. The van der Waals surface area contributed by atoms with Crippen molar-refractivity contribution in [1.82, 2.24) is 4.98 Å². The van der Waals surface area contributed by atoms with Crippen LogP contribution in [-0.2, 0) is 4.74 Å². The molecular weight excluding hydrogens is 216 g/mol. The molecule has 0 aromatic carbocycles. The predicted octanol–water partition coefficient (Wildman–Crippen LogP) is 1.67. The van der Waals surface area contributed by atoms with Crippen LogP contribution in [0.5, 0.6) is 0 Å². The second-order valence-corrected chi connectivity index (χ2v) is 3.32. The lowest BCUT2D eigenvalue weighted by Gasteiger charge is -2.07. The van der Waals surface area contributed by atoms with E-state index in [1.54, 1.807) is 12.3 Å². The van der Waals surface area contributed by atoms with Crippen LogP contribution in [0.1, 0.15) is 5.56 Å². The SMILES string of the molecule is Cc1cc(NCCOCC(F)F)ncc1N. The number of rotatable bonds is 6. The molecule has 0 fully saturated rings. The number of ether oxygens (including phenoxy) is 1. The molecule has 3 N–H and O–H groups in total. The van der Waals surface area contributed by atoms with E-state index >= 15 is 0 Å². The minimum absolute atomic E-state index is 0.218. The zero-order valence-corrected chi connectivity index (χ0v) is 9.04. The average molecular weight is 231 g/mol. The van der Waals surface area contributed by atoms with Crippen LogP contribution in [0.4, 0.5) is 20.3 Å². The molecule has 4 nitrogen and oxygen atoms in total. The first-order valence-corrected chi connectivity index (χ1v) is 4.91. The zero-order chi connectivity index (χ0) is 12.0. The van der Waals surface area contributed by atoms with Crippen LogP contribution in [0.15, 0.2) is 12.3 Å². The molecule has 16 heavy (non-hydrogen) atoms. The predicted molar refractivity (Wildman–Crippen MR) is 58.7 cm³/mol. The molecule has 0 unspecified atom stereocenters. The molecule has 0 radical (unpaired) electrons. The minimum Gasteiger partial charge on any atom is -0.397 e. The largest absolute Gasteiger partial charge is 0.397 e. The Kier molecular flexibility index (Phi) is 4.91. The van der Waals surface area contributed by atoms with Gasteiger partial charge >= 0.3 is 0 Å². The molecule has 1 aromatic rings. The molecule has 0 saturated heterocycles. The van der Waals surface area contributed by atoms with E-state index in [4.69, 9.17) is 10.5 Å². The van der Waals surface area contributed by atoms with Crippen molar-refractivity contribution in [3.63, 3.8) is 0 Å². The lowest BCUT2D eigenvalue weighted by molar-refractivity contribution is 0.0215. The zero-order valence-electron chi connectivity index (χ0n) is 9.04. The lowest BCUT2D eigenvalue weighted by atomic mass is 10.2. The molecule has 0 aliphatic carbocycles. The van der Waals surface area contributed by atoms with E-state index < -0.39 is 13.0 Å². The number of anilines is 2. The summed E-state index contributed by atoms with van der Waals surface area (Å²) in [5.41, 5.74) is 7.15. The molecule has 1 aromatic heterocycles. The van der Waals surface area contributed by atoms with Crippen molar-refractivity contribution in [2.45, 2.75) is 13.3 Å². The summed E-state index contributed by atoms with van der Waals surface area (Å²) in [5.74, 6) is 0.660. The molecule has 0 aliphatic rings. The summed E-state index contributed by atoms with van der Waals surface area (Å²) in [4.78, 5) is 4.03. The Labute approximate surface area is 92.8 Å². The lowest BCUT2D eigenvalue weighted by Crippen LogP contribution is -2.13. The summed E-state index contributed by atoms with van der Waals surface area (Å²) in [6, 6.07) is 1.79. The first-order chi connectivity index (χ1) is 7.59. The van der Waals surface area contributed by atoms with E-state index in [1.165, 1.54) is 0 Å². The van der Waals surface area contributed by atoms with Gasteiger partial charge in [0.25, 0.3) is 6.43 Å². The monoisotopic (exact) mass is 231 g/mol. The molecule has 90 valence electrons. The molecule has 1 rings (SSSR count). The number of aryl methyl sites for hydroxylation is 1. The summed E-state index contributed by atoms with van der Waals surface area (Å²) in [5, 5.41) is 2.95. The number of nitrogens with two attached hydrogens (primary N) is 1. The highest BCUT2D eigenvalue weighted by molar-refractivity contribution is 5.50. The number of halogens is 2. The maximum atomic E-state index is 11.7. The average Bonchev–Trinajstić information content (AvgIpc) is 2.22. The Hall–Kier alpha value is -1.43. The van der Waals surface area contributed by atoms with E-state index in [0.29, 0.717) is 18.1 Å². The van der Waals surface area contributed by atoms with E-state index in [9.17, 15) is 8.78 Å². The van der Waals surface area contributed by atoms with E-state index in [0.717, 1.165) is 5.56 Å². The molecule has 6 heteroatoms. The van der Waals surface area contributed by atoms with E-state index in [2.05, 4.69) is 10.3 Å². The van der Waals surface area contributed by atoms with Gasteiger partial charge in [-0.25, -0.2) is 13.8 Å². The van der Waals surface area contributed by atoms with Crippen molar-refractivity contribution < 1.29 is 13.5 Å². The van der Waals surface area contributed by atoms with Gasteiger partial charge in [0.05, 0.1) is 18.5 Å². The van der Waals surface area contributed by atoms with Crippen molar-refractivity contribution in [2.75, 3.05) is 30.8 Å². The third-order valence-electron chi connectivity index (χ3n) is 1.95. The van der Waals surface area contributed by atoms with Crippen LogP contribution in [0.2, 0.25) is 0 Å². The fraction of sp³-hybridized carbons (Fsp3) is 0.500. The highest BCUT2D eigenvalue weighted by Crippen LogP contribution is 2.12. The maximum absolute atomic E-state index is 11.7. The number of hydrogen-bond acceptors (Lipinski definition) is 4. The van der Waals surface area contributed by atoms with Gasteiger partial charge in [-0.05, 0) is 18.6 Å². The van der Waals surface area contributed by atoms with Gasteiger partial charge in [0, 0.05) is 6.54 Å². The first kappa shape index (κ1) is 12.6. The molecule has 0 saturated carbocycles. The third kappa shape index (κ3) is 4.39. The van der Waals surface area contributed by atoms with Crippen molar-refractivity contribution >= 4 is 11.5 Å². The highest BCUT2D eigenvalue weighted by atomic mass is 19.3. The van der Waals surface area contributed by atoms with Crippen LogP contribution in [0.25, 0.3) is 0 Å². The molecule has 0 aliphatic heterocycles. The van der Waals surface area contributed by atoms with Crippen LogP contribution in [0, 0.1) is 6.92 Å². The van der Waals surface area contributed by atoms with Gasteiger partial charge in [-0.1, -0.05) is 0 Å². The smallest absolute Gasteiger partial charge is 0.261 e. The Bertz CT molecular complexity index is 334. The summed E-state index contributed by atoms with van der Waals surface area (Å²) in [7, 11) is 0. The number of nitrogens with one attached hydrogen (secondary N) is 1. The van der Waals surface area contributed by atoms with Gasteiger partial charge in [-0.15, -0.1) is 0 Å². The summed E-state index contributed by atoms with van der Waals surface area (Å²) in [6.45, 7) is 1.99. The van der Waals surface area contributed by atoms with Gasteiger partial charge in [0.2, 0.25) is 0 Å². The topological polar surface area (TPSA) is 60.2 Å². The third-order valence-corrected chi connectivity index (χ3v) is 1.95.